The standard InChI is InChI=1S/C12H19ClN2/c1-4-9(2)8-15(3)11-7-5-6-10(13)12(11)14/h5-7,9H,4,8,14H2,1-3H3. The molecule has 0 aliphatic heterocycles. The van der Waals surface area contributed by atoms with Crippen LogP contribution in [0.25, 0.3) is 0 Å². The van der Waals surface area contributed by atoms with Crippen LogP contribution < -0.4 is 10.6 Å². The van der Waals surface area contributed by atoms with Crippen molar-refractivity contribution in [2.24, 2.45) is 5.92 Å². The molecule has 1 unspecified atom stereocenters. The SMILES string of the molecule is CCC(C)CN(C)c1cccc(Cl)c1N. The molecule has 1 rings (SSSR count). The Hall–Kier alpha value is -0.890. The van der Waals surface area contributed by atoms with E-state index in [0.29, 0.717) is 16.6 Å². The largest absolute Gasteiger partial charge is 0.396 e. The second-order valence-electron chi connectivity index (χ2n) is 4.07. The van der Waals surface area contributed by atoms with Gasteiger partial charge in [0.15, 0.2) is 0 Å². The van der Waals surface area contributed by atoms with Gasteiger partial charge in [-0.2, -0.15) is 0 Å². The second-order valence-corrected chi connectivity index (χ2v) is 4.47. The Labute approximate surface area is 97.0 Å². The Bertz CT molecular complexity index is 325. The second kappa shape index (κ2) is 5.26. The van der Waals surface area contributed by atoms with Crippen LogP contribution in [0.15, 0.2) is 18.2 Å². The molecule has 1 aromatic carbocycles. The molecule has 0 aromatic heterocycles. The fourth-order valence-corrected chi connectivity index (χ4v) is 1.72. The Kier molecular flexibility index (Phi) is 4.28. The third kappa shape index (κ3) is 3.03. The van der Waals surface area contributed by atoms with Crippen molar-refractivity contribution in [2.45, 2.75) is 20.3 Å². The first-order valence-corrected chi connectivity index (χ1v) is 5.69. The van der Waals surface area contributed by atoms with E-state index in [1.165, 1.54) is 6.42 Å². The predicted molar refractivity (Wildman–Crippen MR) is 68.6 cm³/mol. The zero-order valence-corrected chi connectivity index (χ0v) is 10.4. The number of nitrogens with zero attached hydrogens (tertiary/aromatic N) is 1. The molecule has 15 heavy (non-hydrogen) atoms. The molecule has 0 saturated heterocycles. The van der Waals surface area contributed by atoms with Gasteiger partial charge in [0, 0.05) is 13.6 Å². The number of nitrogens with two attached hydrogens (primary N) is 1. The highest BCUT2D eigenvalue weighted by Crippen LogP contribution is 2.29. The highest BCUT2D eigenvalue weighted by molar-refractivity contribution is 6.33. The van der Waals surface area contributed by atoms with Gasteiger partial charge >= 0.3 is 0 Å². The number of hydrogen-bond acceptors (Lipinski definition) is 2. The van der Waals surface area contributed by atoms with Crippen LogP contribution in [-0.4, -0.2) is 13.6 Å². The lowest BCUT2D eigenvalue weighted by Gasteiger charge is -2.24. The summed E-state index contributed by atoms with van der Waals surface area (Å²) in [4.78, 5) is 2.16. The van der Waals surface area contributed by atoms with Crippen molar-refractivity contribution in [2.75, 3.05) is 24.2 Å². The van der Waals surface area contributed by atoms with Crippen LogP contribution >= 0.6 is 11.6 Å². The molecular weight excluding hydrogens is 208 g/mol. The minimum absolute atomic E-state index is 0.628. The molecule has 0 amide bonds. The minimum Gasteiger partial charge on any atom is -0.396 e. The number of para-hydroxylation sites is 1. The summed E-state index contributed by atoms with van der Waals surface area (Å²) < 4.78 is 0. The van der Waals surface area contributed by atoms with Crippen molar-refractivity contribution in [1.82, 2.24) is 0 Å². The van der Waals surface area contributed by atoms with Crippen LogP contribution in [0.2, 0.25) is 5.02 Å². The summed E-state index contributed by atoms with van der Waals surface area (Å²) in [5.74, 6) is 0.661. The summed E-state index contributed by atoms with van der Waals surface area (Å²) in [7, 11) is 2.05. The number of nitrogen functional groups attached to an aromatic ring is 1. The van der Waals surface area contributed by atoms with E-state index in [9.17, 15) is 0 Å². The normalized spacial score (nSPS) is 12.5. The molecule has 0 heterocycles. The van der Waals surface area contributed by atoms with Crippen molar-refractivity contribution in [3.63, 3.8) is 0 Å². The van der Waals surface area contributed by atoms with E-state index >= 15 is 0 Å². The van der Waals surface area contributed by atoms with Crippen molar-refractivity contribution in [1.29, 1.82) is 0 Å². The molecule has 1 aromatic rings. The molecule has 0 aliphatic rings. The van der Waals surface area contributed by atoms with Crippen LogP contribution in [0.4, 0.5) is 11.4 Å². The van der Waals surface area contributed by atoms with Gasteiger partial charge in [0.25, 0.3) is 0 Å². The van der Waals surface area contributed by atoms with Crippen molar-refractivity contribution < 1.29 is 0 Å². The van der Waals surface area contributed by atoms with E-state index in [1.54, 1.807) is 0 Å². The molecule has 0 saturated carbocycles. The maximum absolute atomic E-state index is 5.98. The fraction of sp³-hybridized carbons (Fsp3) is 0.500. The third-order valence-electron chi connectivity index (χ3n) is 2.72. The summed E-state index contributed by atoms with van der Waals surface area (Å²) >= 11 is 5.98. The molecular formula is C12H19ClN2. The van der Waals surface area contributed by atoms with E-state index < -0.39 is 0 Å². The predicted octanol–water partition coefficient (Wildman–Crippen LogP) is 3.40. The number of hydrogen-bond donors (Lipinski definition) is 1. The number of rotatable bonds is 4. The monoisotopic (exact) mass is 226 g/mol. The first-order valence-electron chi connectivity index (χ1n) is 5.31. The minimum atomic E-state index is 0.628. The van der Waals surface area contributed by atoms with Crippen LogP contribution in [0.3, 0.4) is 0 Å². The average molecular weight is 227 g/mol. The van der Waals surface area contributed by atoms with Gasteiger partial charge < -0.3 is 10.6 Å². The van der Waals surface area contributed by atoms with E-state index in [-0.39, 0.29) is 0 Å². The maximum atomic E-state index is 5.98. The Morgan fingerprint density at radius 1 is 1.47 bits per heavy atom. The first-order chi connectivity index (χ1) is 7.06. The summed E-state index contributed by atoms with van der Waals surface area (Å²) in [6.07, 6.45) is 1.17. The summed E-state index contributed by atoms with van der Waals surface area (Å²) in [5, 5.41) is 0.628. The number of anilines is 2. The highest BCUT2D eigenvalue weighted by atomic mass is 35.5. The maximum Gasteiger partial charge on any atom is 0.0741 e. The number of benzene rings is 1. The Morgan fingerprint density at radius 3 is 2.73 bits per heavy atom. The molecule has 0 aliphatic carbocycles. The van der Waals surface area contributed by atoms with Gasteiger partial charge in [-0.05, 0) is 18.1 Å². The van der Waals surface area contributed by atoms with Gasteiger partial charge in [0.2, 0.25) is 0 Å². The van der Waals surface area contributed by atoms with Crippen LogP contribution in [0, 0.1) is 5.92 Å². The summed E-state index contributed by atoms with van der Waals surface area (Å²) in [6, 6.07) is 5.75. The van der Waals surface area contributed by atoms with Gasteiger partial charge in [0.05, 0.1) is 16.4 Å². The molecule has 84 valence electrons. The Balaban J connectivity index is 2.82. The lowest BCUT2D eigenvalue weighted by atomic mass is 10.1. The smallest absolute Gasteiger partial charge is 0.0741 e. The average Bonchev–Trinajstić information content (AvgIpc) is 2.21. The molecule has 0 spiro atoms. The molecule has 1 atom stereocenters. The summed E-state index contributed by atoms with van der Waals surface area (Å²) in [5.41, 5.74) is 7.61. The van der Waals surface area contributed by atoms with Crippen LogP contribution in [-0.2, 0) is 0 Å². The summed E-state index contributed by atoms with van der Waals surface area (Å²) in [6.45, 7) is 5.43. The van der Waals surface area contributed by atoms with E-state index in [4.69, 9.17) is 17.3 Å². The van der Waals surface area contributed by atoms with Gasteiger partial charge in [0.1, 0.15) is 0 Å². The van der Waals surface area contributed by atoms with Crippen LogP contribution in [0.5, 0.6) is 0 Å². The van der Waals surface area contributed by atoms with Crippen molar-refractivity contribution in [3.05, 3.63) is 23.2 Å². The molecule has 0 radical (unpaired) electrons. The van der Waals surface area contributed by atoms with Gasteiger partial charge in [-0.25, -0.2) is 0 Å². The zero-order chi connectivity index (χ0) is 11.4. The quantitative estimate of drug-likeness (QED) is 0.798. The van der Waals surface area contributed by atoms with Gasteiger partial charge in [-0.3, -0.25) is 0 Å². The molecule has 2 nitrogen and oxygen atoms in total. The fourth-order valence-electron chi connectivity index (χ4n) is 1.55. The van der Waals surface area contributed by atoms with Crippen LogP contribution in [0.1, 0.15) is 20.3 Å². The lowest BCUT2D eigenvalue weighted by molar-refractivity contribution is 0.560. The first kappa shape index (κ1) is 12.2. The van der Waals surface area contributed by atoms with Crippen molar-refractivity contribution >= 4 is 23.0 Å². The van der Waals surface area contributed by atoms with Crippen molar-refractivity contribution in [3.8, 4) is 0 Å². The molecule has 2 N–H and O–H groups in total. The van der Waals surface area contributed by atoms with E-state index in [1.807, 2.05) is 25.2 Å². The topological polar surface area (TPSA) is 29.3 Å². The molecule has 3 heteroatoms. The van der Waals surface area contributed by atoms with E-state index in [0.717, 1.165) is 12.2 Å². The zero-order valence-electron chi connectivity index (χ0n) is 9.63. The van der Waals surface area contributed by atoms with Gasteiger partial charge in [-0.1, -0.05) is 37.9 Å². The Morgan fingerprint density at radius 2 is 2.13 bits per heavy atom. The molecule has 0 fully saturated rings. The lowest BCUT2D eigenvalue weighted by Crippen LogP contribution is -2.24. The molecule has 0 bridgehead atoms. The third-order valence-corrected chi connectivity index (χ3v) is 3.05. The highest BCUT2D eigenvalue weighted by Gasteiger charge is 2.09. The van der Waals surface area contributed by atoms with Gasteiger partial charge in [-0.15, -0.1) is 0 Å². The van der Waals surface area contributed by atoms with E-state index in [2.05, 4.69) is 18.7 Å². The number of halogens is 1.